The average molecular weight is 446 g/mol. The highest BCUT2D eigenvalue weighted by atomic mass is 32.2. The van der Waals surface area contributed by atoms with Gasteiger partial charge in [0.15, 0.2) is 0 Å². The van der Waals surface area contributed by atoms with Crippen LogP contribution in [0.3, 0.4) is 0 Å². The molecule has 0 saturated carbocycles. The molecule has 30 heavy (non-hydrogen) atoms. The highest BCUT2D eigenvalue weighted by Crippen LogP contribution is 2.32. The molecule has 4 rings (SSSR count). The number of benzene rings is 2. The molecule has 2 heterocycles. The maximum absolute atomic E-state index is 12.9. The molecule has 158 valence electrons. The average Bonchev–Trinajstić information content (AvgIpc) is 3.12. The fraction of sp³-hybridized carbons (Fsp3) is 0.333. The van der Waals surface area contributed by atoms with Gasteiger partial charge in [-0.3, -0.25) is 4.79 Å². The second-order valence-corrected chi connectivity index (χ2v) is 10.3. The van der Waals surface area contributed by atoms with E-state index in [1.807, 2.05) is 25.1 Å². The summed E-state index contributed by atoms with van der Waals surface area (Å²) in [5, 5.41) is 3.27. The molecule has 0 radical (unpaired) electrons. The predicted octanol–water partition coefficient (Wildman–Crippen LogP) is 3.80. The first-order chi connectivity index (χ1) is 14.3. The van der Waals surface area contributed by atoms with Crippen LogP contribution in [0.5, 0.6) is 5.19 Å². The van der Waals surface area contributed by atoms with E-state index in [4.69, 9.17) is 4.74 Å². The number of aryl methyl sites for hydroxylation is 1. The Hall–Kier alpha value is -2.49. The normalized spacial score (nSPS) is 15.9. The van der Waals surface area contributed by atoms with Gasteiger partial charge in [-0.15, -0.1) is 0 Å². The lowest BCUT2D eigenvalue weighted by Crippen LogP contribution is -2.41. The van der Waals surface area contributed by atoms with Crippen molar-refractivity contribution in [1.29, 1.82) is 0 Å². The van der Waals surface area contributed by atoms with Crippen molar-refractivity contribution in [2.24, 2.45) is 0 Å². The molecule has 2 aromatic carbocycles. The molecule has 0 atom stereocenters. The molecule has 0 aliphatic carbocycles. The van der Waals surface area contributed by atoms with Gasteiger partial charge in [-0.25, -0.2) is 13.4 Å². The van der Waals surface area contributed by atoms with E-state index in [2.05, 4.69) is 10.3 Å². The number of ether oxygens (including phenoxy) is 1. The first-order valence-electron chi connectivity index (χ1n) is 9.73. The number of nitrogens with zero attached hydrogens (tertiary/aromatic N) is 2. The minimum absolute atomic E-state index is 0.0561. The number of piperidine rings is 1. The number of aromatic nitrogens is 1. The molecule has 1 amide bonds. The van der Waals surface area contributed by atoms with Gasteiger partial charge in [-0.2, -0.15) is 4.31 Å². The Morgan fingerprint density at radius 1 is 1.17 bits per heavy atom. The van der Waals surface area contributed by atoms with E-state index in [0.717, 1.165) is 15.8 Å². The number of para-hydroxylation sites is 1. The molecule has 7 nitrogen and oxygen atoms in total. The molecule has 0 spiro atoms. The summed E-state index contributed by atoms with van der Waals surface area (Å²) in [5.74, 6) is -0.198. The van der Waals surface area contributed by atoms with Gasteiger partial charge in [-0.1, -0.05) is 23.5 Å². The summed E-state index contributed by atoms with van der Waals surface area (Å²) in [4.78, 5) is 15.9. The van der Waals surface area contributed by atoms with Crippen LogP contribution in [-0.4, -0.2) is 42.8 Å². The molecule has 1 aromatic heterocycles. The first kappa shape index (κ1) is 20.8. The number of amides is 1. The van der Waals surface area contributed by atoms with Crippen LogP contribution < -0.4 is 10.1 Å². The second kappa shape index (κ2) is 8.33. The monoisotopic (exact) mass is 445 g/mol. The fourth-order valence-corrected chi connectivity index (χ4v) is 5.94. The standard InChI is InChI=1S/C21H23N3O4S2/c1-14-4-3-5-19-20(14)23-21(29-19)28-17-10-12-24(13-11-17)30(26,27)18-8-6-16(7-9-18)22-15(2)25/h3-9,17H,10-13H2,1-2H3,(H,22,25). The van der Waals surface area contributed by atoms with Crippen LogP contribution in [0.1, 0.15) is 25.3 Å². The van der Waals surface area contributed by atoms with E-state index in [1.165, 1.54) is 34.7 Å². The summed E-state index contributed by atoms with van der Waals surface area (Å²) in [5.41, 5.74) is 2.64. The molecule has 0 bridgehead atoms. The minimum Gasteiger partial charge on any atom is -0.467 e. The van der Waals surface area contributed by atoms with E-state index >= 15 is 0 Å². The Morgan fingerprint density at radius 3 is 2.50 bits per heavy atom. The van der Waals surface area contributed by atoms with E-state index in [1.54, 1.807) is 12.1 Å². The van der Waals surface area contributed by atoms with Gasteiger partial charge in [0.05, 0.1) is 15.1 Å². The zero-order valence-electron chi connectivity index (χ0n) is 16.8. The van der Waals surface area contributed by atoms with Crippen LogP contribution in [0, 0.1) is 6.92 Å². The Balaban J connectivity index is 1.39. The van der Waals surface area contributed by atoms with Crippen LogP contribution in [0.4, 0.5) is 5.69 Å². The van der Waals surface area contributed by atoms with Crippen molar-refractivity contribution in [1.82, 2.24) is 9.29 Å². The fourth-order valence-electron chi connectivity index (χ4n) is 3.51. The van der Waals surface area contributed by atoms with E-state index < -0.39 is 10.0 Å². The van der Waals surface area contributed by atoms with Gasteiger partial charge in [-0.05, 0) is 55.7 Å². The van der Waals surface area contributed by atoms with Gasteiger partial charge in [0, 0.05) is 25.7 Å². The zero-order valence-corrected chi connectivity index (χ0v) is 18.4. The molecule has 1 N–H and O–H groups in total. The summed E-state index contributed by atoms with van der Waals surface area (Å²) in [7, 11) is -3.58. The Labute approximate surface area is 179 Å². The molecular formula is C21H23N3O4S2. The maximum Gasteiger partial charge on any atom is 0.274 e. The molecular weight excluding hydrogens is 422 g/mol. The third-order valence-corrected chi connectivity index (χ3v) is 7.91. The zero-order chi connectivity index (χ0) is 21.3. The van der Waals surface area contributed by atoms with Crippen molar-refractivity contribution < 1.29 is 17.9 Å². The Kier molecular flexibility index (Phi) is 5.77. The van der Waals surface area contributed by atoms with E-state index in [9.17, 15) is 13.2 Å². The number of sulfonamides is 1. The SMILES string of the molecule is CC(=O)Nc1ccc(S(=O)(=O)N2CCC(Oc3nc4c(C)cccc4s3)CC2)cc1. The molecule has 1 fully saturated rings. The number of carbonyl (C=O) groups is 1. The lowest BCUT2D eigenvalue weighted by atomic mass is 10.1. The Morgan fingerprint density at radius 2 is 1.87 bits per heavy atom. The summed E-state index contributed by atoms with van der Waals surface area (Å²) in [6, 6.07) is 12.3. The number of nitrogens with one attached hydrogen (secondary N) is 1. The number of hydrogen-bond donors (Lipinski definition) is 1. The summed E-state index contributed by atoms with van der Waals surface area (Å²) in [6.45, 7) is 4.22. The van der Waals surface area contributed by atoms with Crippen LogP contribution >= 0.6 is 11.3 Å². The molecule has 1 aliphatic rings. The number of rotatable bonds is 5. The highest BCUT2D eigenvalue weighted by Gasteiger charge is 2.30. The summed E-state index contributed by atoms with van der Waals surface area (Å²) >= 11 is 1.52. The first-order valence-corrected chi connectivity index (χ1v) is 12.0. The van der Waals surface area contributed by atoms with E-state index in [-0.39, 0.29) is 16.9 Å². The quantitative estimate of drug-likeness (QED) is 0.645. The van der Waals surface area contributed by atoms with Crippen LogP contribution in [-0.2, 0) is 14.8 Å². The lowest BCUT2D eigenvalue weighted by Gasteiger charge is -2.30. The van der Waals surface area contributed by atoms with Gasteiger partial charge in [0.1, 0.15) is 6.10 Å². The number of anilines is 1. The van der Waals surface area contributed by atoms with Crippen LogP contribution in [0.25, 0.3) is 10.2 Å². The number of thiazole rings is 1. The molecule has 1 saturated heterocycles. The van der Waals surface area contributed by atoms with Crippen molar-refractivity contribution in [3.8, 4) is 5.19 Å². The number of hydrogen-bond acceptors (Lipinski definition) is 6. The van der Waals surface area contributed by atoms with Gasteiger partial charge in [0.2, 0.25) is 15.9 Å². The molecule has 1 aliphatic heterocycles. The largest absolute Gasteiger partial charge is 0.467 e. The van der Waals surface area contributed by atoms with E-state index in [0.29, 0.717) is 36.8 Å². The summed E-state index contributed by atoms with van der Waals surface area (Å²) < 4.78 is 34.5. The lowest BCUT2D eigenvalue weighted by molar-refractivity contribution is -0.114. The van der Waals surface area contributed by atoms with Gasteiger partial charge in [0.25, 0.3) is 5.19 Å². The van der Waals surface area contributed by atoms with Gasteiger partial charge < -0.3 is 10.1 Å². The summed E-state index contributed by atoms with van der Waals surface area (Å²) in [6.07, 6.45) is 1.16. The molecule has 0 unspecified atom stereocenters. The number of fused-ring (bicyclic) bond motifs is 1. The third kappa shape index (κ3) is 4.33. The Bertz CT molecular complexity index is 1160. The molecule has 9 heteroatoms. The van der Waals surface area contributed by atoms with Crippen LogP contribution in [0.2, 0.25) is 0 Å². The van der Waals surface area contributed by atoms with Crippen molar-refractivity contribution in [2.75, 3.05) is 18.4 Å². The van der Waals surface area contributed by atoms with Gasteiger partial charge >= 0.3 is 0 Å². The van der Waals surface area contributed by atoms with Crippen molar-refractivity contribution >= 4 is 43.2 Å². The topological polar surface area (TPSA) is 88.6 Å². The highest BCUT2D eigenvalue weighted by molar-refractivity contribution is 7.89. The smallest absolute Gasteiger partial charge is 0.274 e. The van der Waals surface area contributed by atoms with Crippen molar-refractivity contribution in [3.05, 3.63) is 48.0 Å². The van der Waals surface area contributed by atoms with Crippen molar-refractivity contribution in [3.63, 3.8) is 0 Å². The number of carbonyl (C=O) groups excluding carboxylic acids is 1. The molecule has 3 aromatic rings. The van der Waals surface area contributed by atoms with Crippen molar-refractivity contribution in [2.45, 2.75) is 37.7 Å². The minimum atomic E-state index is -3.58. The second-order valence-electron chi connectivity index (χ2n) is 7.33. The third-order valence-electron chi connectivity index (χ3n) is 5.08. The van der Waals surface area contributed by atoms with Crippen LogP contribution in [0.15, 0.2) is 47.4 Å². The maximum atomic E-state index is 12.9. The predicted molar refractivity (Wildman–Crippen MR) is 118 cm³/mol.